The Balaban J connectivity index is 0. The zero-order valence-corrected chi connectivity index (χ0v) is 9.66. The van der Waals surface area contributed by atoms with Crippen LogP contribution >= 0.6 is 24.8 Å². The van der Waals surface area contributed by atoms with Crippen molar-refractivity contribution in [3.8, 4) is 5.75 Å². The van der Waals surface area contributed by atoms with Gasteiger partial charge in [-0.1, -0.05) is 0 Å². The number of pyridine rings is 1. The van der Waals surface area contributed by atoms with Crippen molar-refractivity contribution < 1.29 is 17.9 Å². The van der Waals surface area contributed by atoms with Gasteiger partial charge in [-0.25, -0.2) is 0 Å². The number of nitrogens with two attached hydrogens (primary N) is 1. The van der Waals surface area contributed by atoms with E-state index in [9.17, 15) is 13.2 Å². The summed E-state index contributed by atoms with van der Waals surface area (Å²) in [5.41, 5.74) is 5.91. The van der Waals surface area contributed by atoms with Gasteiger partial charge in [0.2, 0.25) is 0 Å². The first kappa shape index (κ1) is 17.7. The van der Waals surface area contributed by atoms with Crippen molar-refractivity contribution >= 4 is 24.8 Å². The van der Waals surface area contributed by atoms with Crippen molar-refractivity contribution in [2.24, 2.45) is 5.73 Å². The normalized spacial score (nSPS) is 10.0. The van der Waals surface area contributed by atoms with Crippen molar-refractivity contribution in [2.75, 3.05) is 6.61 Å². The van der Waals surface area contributed by atoms with Crippen LogP contribution < -0.4 is 10.5 Å². The molecule has 1 aromatic heterocycles. The Hall–Kier alpha value is -0.720. The molecule has 0 spiro atoms. The number of hydrogen-bond acceptors (Lipinski definition) is 3. The van der Waals surface area contributed by atoms with Crippen LogP contribution in [0, 0.1) is 0 Å². The quantitative estimate of drug-likeness (QED) is 0.923. The SMILES string of the molecule is Cl.Cl.NCc1cncc(OCC(F)(F)F)c1. The highest BCUT2D eigenvalue weighted by atomic mass is 35.5. The van der Waals surface area contributed by atoms with Gasteiger partial charge in [0.1, 0.15) is 5.75 Å². The second kappa shape index (κ2) is 7.54. The Kier molecular flexibility index (Phi) is 8.32. The van der Waals surface area contributed by atoms with E-state index in [1.54, 1.807) is 0 Å². The molecule has 0 amide bonds. The number of halogens is 5. The van der Waals surface area contributed by atoms with Crippen molar-refractivity contribution in [2.45, 2.75) is 12.7 Å². The van der Waals surface area contributed by atoms with Gasteiger partial charge in [-0.3, -0.25) is 4.98 Å². The molecule has 0 aromatic carbocycles. The van der Waals surface area contributed by atoms with Crippen LogP contribution in [0.2, 0.25) is 0 Å². The maximum absolute atomic E-state index is 11.8. The van der Waals surface area contributed by atoms with Crippen molar-refractivity contribution in [1.29, 1.82) is 0 Å². The molecule has 0 saturated carbocycles. The van der Waals surface area contributed by atoms with Crippen LogP contribution in [0.3, 0.4) is 0 Å². The lowest BCUT2D eigenvalue weighted by Gasteiger charge is -2.09. The predicted molar refractivity (Wildman–Crippen MR) is 58.2 cm³/mol. The van der Waals surface area contributed by atoms with E-state index in [-0.39, 0.29) is 37.1 Å². The molecule has 8 heteroatoms. The number of alkyl halides is 3. The highest BCUT2D eigenvalue weighted by Gasteiger charge is 2.28. The molecule has 0 bridgehead atoms. The van der Waals surface area contributed by atoms with Crippen LogP contribution in [0.5, 0.6) is 5.75 Å². The molecule has 2 N–H and O–H groups in total. The lowest BCUT2D eigenvalue weighted by molar-refractivity contribution is -0.153. The summed E-state index contributed by atoms with van der Waals surface area (Å²) in [6.45, 7) is -1.10. The highest BCUT2D eigenvalue weighted by molar-refractivity contribution is 5.85. The number of ether oxygens (including phenoxy) is 1. The van der Waals surface area contributed by atoms with Crippen LogP contribution in [0.4, 0.5) is 13.2 Å². The van der Waals surface area contributed by atoms with Crippen LogP contribution in [0.25, 0.3) is 0 Å². The molecule has 1 aromatic rings. The fourth-order valence-corrected chi connectivity index (χ4v) is 0.819. The van der Waals surface area contributed by atoms with Gasteiger partial charge in [0.05, 0.1) is 6.20 Å². The lowest BCUT2D eigenvalue weighted by atomic mass is 10.3. The standard InChI is InChI=1S/C8H9F3N2O.2ClH/c9-8(10,11)5-14-7-1-6(2-12)3-13-4-7;;/h1,3-4H,2,5,12H2;2*1H. The van der Waals surface area contributed by atoms with E-state index < -0.39 is 12.8 Å². The molecule has 3 nitrogen and oxygen atoms in total. The third kappa shape index (κ3) is 6.71. The molecule has 0 unspecified atom stereocenters. The second-order valence-corrected chi connectivity index (χ2v) is 2.64. The summed E-state index contributed by atoms with van der Waals surface area (Å²) in [6.07, 6.45) is -1.65. The molecule has 0 atom stereocenters. The zero-order valence-electron chi connectivity index (χ0n) is 8.03. The largest absolute Gasteiger partial charge is 0.482 e. The summed E-state index contributed by atoms with van der Waals surface area (Å²) in [6, 6.07) is 1.43. The Bertz CT molecular complexity index is 310. The van der Waals surface area contributed by atoms with E-state index in [1.807, 2.05) is 0 Å². The van der Waals surface area contributed by atoms with E-state index in [0.717, 1.165) is 0 Å². The van der Waals surface area contributed by atoms with Crippen molar-refractivity contribution in [3.63, 3.8) is 0 Å². The fourth-order valence-electron chi connectivity index (χ4n) is 0.819. The Morgan fingerprint density at radius 2 is 1.88 bits per heavy atom. The summed E-state index contributed by atoms with van der Waals surface area (Å²) < 4.78 is 39.7. The molecule has 0 aliphatic heterocycles. The minimum absolute atomic E-state index is 0. The summed E-state index contributed by atoms with van der Waals surface area (Å²) in [5, 5.41) is 0. The summed E-state index contributed by atoms with van der Waals surface area (Å²) in [7, 11) is 0. The monoisotopic (exact) mass is 278 g/mol. The first-order chi connectivity index (χ1) is 6.51. The third-order valence-electron chi connectivity index (χ3n) is 1.41. The summed E-state index contributed by atoms with van der Waals surface area (Å²) in [4.78, 5) is 3.68. The van der Waals surface area contributed by atoms with Crippen LogP contribution in [0.1, 0.15) is 5.56 Å². The van der Waals surface area contributed by atoms with Crippen molar-refractivity contribution in [3.05, 3.63) is 24.0 Å². The minimum atomic E-state index is -4.33. The topological polar surface area (TPSA) is 48.1 Å². The maximum atomic E-state index is 11.8. The minimum Gasteiger partial charge on any atom is -0.482 e. The van der Waals surface area contributed by atoms with E-state index in [0.29, 0.717) is 5.56 Å². The maximum Gasteiger partial charge on any atom is 0.422 e. The molecule has 94 valence electrons. The van der Waals surface area contributed by atoms with E-state index in [1.165, 1.54) is 18.5 Å². The van der Waals surface area contributed by atoms with Gasteiger partial charge < -0.3 is 10.5 Å². The number of aromatic nitrogens is 1. The smallest absolute Gasteiger partial charge is 0.422 e. The van der Waals surface area contributed by atoms with Gasteiger partial charge in [-0.2, -0.15) is 13.2 Å². The molecular formula is C8H11Cl2F3N2O. The van der Waals surface area contributed by atoms with Gasteiger partial charge in [0, 0.05) is 12.7 Å². The van der Waals surface area contributed by atoms with Crippen LogP contribution in [-0.2, 0) is 6.54 Å². The molecule has 0 aliphatic rings. The summed E-state index contributed by atoms with van der Waals surface area (Å²) in [5.74, 6) is 0.0743. The van der Waals surface area contributed by atoms with Gasteiger partial charge >= 0.3 is 6.18 Å². The molecule has 0 aliphatic carbocycles. The lowest BCUT2D eigenvalue weighted by Crippen LogP contribution is -2.19. The first-order valence-corrected chi connectivity index (χ1v) is 3.85. The Morgan fingerprint density at radius 1 is 1.25 bits per heavy atom. The number of rotatable bonds is 3. The van der Waals surface area contributed by atoms with Gasteiger partial charge in [0.25, 0.3) is 0 Å². The molecule has 0 fully saturated rings. The summed E-state index contributed by atoms with van der Waals surface area (Å²) >= 11 is 0. The molecular weight excluding hydrogens is 268 g/mol. The number of nitrogens with zero attached hydrogens (tertiary/aromatic N) is 1. The average Bonchev–Trinajstić information content (AvgIpc) is 2.14. The Labute approximate surface area is 103 Å². The fraction of sp³-hybridized carbons (Fsp3) is 0.375. The molecule has 1 rings (SSSR count). The number of hydrogen-bond donors (Lipinski definition) is 1. The first-order valence-electron chi connectivity index (χ1n) is 3.85. The molecule has 0 radical (unpaired) electrons. The van der Waals surface area contributed by atoms with Crippen LogP contribution in [0.15, 0.2) is 18.5 Å². The van der Waals surface area contributed by atoms with E-state index >= 15 is 0 Å². The molecule has 1 heterocycles. The van der Waals surface area contributed by atoms with E-state index in [4.69, 9.17) is 5.73 Å². The predicted octanol–water partition coefficient (Wildman–Crippen LogP) is 2.33. The third-order valence-corrected chi connectivity index (χ3v) is 1.41. The zero-order chi connectivity index (χ0) is 10.6. The Morgan fingerprint density at radius 3 is 2.38 bits per heavy atom. The molecule has 0 saturated heterocycles. The van der Waals surface area contributed by atoms with Gasteiger partial charge in [-0.05, 0) is 11.6 Å². The van der Waals surface area contributed by atoms with Gasteiger partial charge in [-0.15, -0.1) is 24.8 Å². The van der Waals surface area contributed by atoms with E-state index in [2.05, 4.69) is 9.72 Å². The van der Waals surface area contributed by atoms with Crippen LogP contribution in [-0.4, -0.2) is 17.8 Å². The average molecular weight is 279 g/mol. The second-order valence-electron chi connectivity index (χ2n) is 2.64. The van der Waals surface area contributed by atoms with Crippen molar-refractivity contribution in [1.82, 2.24) is 4.98 Å². The van der Waals surface area contributed by atoms with Gasteiger partial charge in [0.15, 0.2) is 6.61 Å². The highest BCUT2D eigenvalue weighted by Crippen LogP contribution is 2.18. The molecule has 16 heavy (non-hydrogen) atoms.